The molecule has 1 aliphatic carbocycles. The molecule has 0 spiro atoms. The van der Waals surface area contributed by atoms with Crippen LogP contribution in [0.25, 0.3) is 0 Å². The number of carbonyl (C=O) groups excluding carboxylic acids is 2. The summed E-state index contributed by atoms with van der Waals surface area (Å²) in [5.41, 5.74) is 14.3. The zero-order chi connectivity index (χ0) is 22.3. The quantitative estimate of drug-likeness (QED) is 0.737. The number of benzene rings is 1. The molecule has 2 atom stereocenters. The third kappa shape index (κ3) is 5.80. The summed E-state index contributed by atoms with van der Waals surface area (Å²) in [6, 6.07) is 11.7. The van der Waals surface area contributed by atoms with Crippen LogP contribution in [0.4, 0.5) is 11.5 Å². The molecule has 4 rings (SSSR count). The average molecular weight is 408 g/mol. The van der Waals surface area contributed by atoms with Crippen molar-refractivity contribution in [3.63, 3.8) is 0 Å². The van der Waals surface area contributed by atoms with Gasteiger partial charge in [-0.1, -0.05) is 6.92 Å². The van der Waals surface area contributed by atoms with E-state index in [-0.39, 0.29) is 5.91 Å². The first-order valence-corrected chi connectivity index (χ1v) is 9.99. The highest BCUT2D eigenvalue weighted by Crippen LogP contribution is 2.44. The van der Waals surface area contributed by atoms with Gasteiger partial charge in [0, 0.05) is 30.5 Å². The van der Waals surface area contributed by atoms with E-state index in [0.717, 1.165) is 18.6 Å². The summed E-state index contributed by atoms with van der Waals surface area (Å²) in [5, 5.41) is 8.30. The van der Waals surface area contributed by atoms with E-state index in [1.165, 1.54) is 37.2 Å². The number of aldehydes is 1. The van der Waals surface area contributed by atoms with Gasteiger partial charge in [0.05, 0.1) is 5.56 Å². The van der Waals surface area contributed by atoms with Crippen molar-refractivity contribution in [1.82, 2.24) is 4.98 Å². The molecule has 1 amide bonds. The number of nitrogens with two attached hydrogens (primary N) is 2. The molecule has 4 N–H and O–H groups in total. The largest absolute Gasteiger partial charge is 0.384 e. The standard InChI is InChI=1S/C15H20N2O.C6H5N3.C2H4O/c1-9-7-12-8-11(15(16)18)5-6-13(12)17(2)14(9)10-3-4-10;7-3-5-1-2-6(8)9-4-5;1-2-3/h5-6,8-10,14H,3-4,7H2,1-2H3,(H2,16,18);1-2,4H,(H2,8,9);2H,1H3/t9?,14-;;/m1../s1. The highest BCUT2D eigenvalue weighted by Gasteiger charge is 2.40. The van der Waals surface area contributed by atoms with Crippen LogP contribution in [0, 0.1) is 23.2 Å². The molecule has 0 radical (unpaired) electrons. The maximum Gasteiger partial charge on any atom is 0.248 e. The van der Waals surface area contributed by atoms with E-state index >= 15 is 0 Å². The normalized spacial score (nSPS) is 19.1. The summed E-state index contributed by atoms with van der Waals surface area (Å²) < 4.78 is 0. The van der Waals surface area contributed by atoms with Gasteiger partial charge >= 0.3 is 0 Å². The molecule has 30 heavy (non-hydrogen) atoms. The van der Waals surface area contributed by atoms with Gasteiger partial charge in [-0.2, -0.15) is 5.26 Å². The Balaban J connectivity index is 0.000000224. The summed E-state index contributed by atoms with van der Waals surface area (Å²) in [6.07, 6.45) is 5.99. The number of aromatic nitrogens is 1. The number of fused-ring (bicyclic) bond motifs is 1. The number of rotatable bonds is 2. The molecule has 2 aromatic rings. The number of hydrogen-bond acceptors (Lipinski definition) is 6. The molecule has 7 heteroatoms. The molecule has 0 saturated heterocycles. The monoisotopic (exact) mass is 407 g/mol. The lowest BCUT2D eigenvalue weighted by atomic mass is 9.84. The topological polar surface area (TPSA) is 126 Å². The number of carbonyl (C=O) groups is 2. The van der Waals surface area contributed by atoms with E-state index in [4.69, 9.17) is 21.5 Å². The Hall–Kier alpha value is -3.40. The Labute approximate surface area is 177 Å². The highest BCUT2D eigenvalue weighted by atomic mass is 16.1. The summed E-state index contributed by atoms with van der Waals surface area (Å²) >= 11 is 0. The van der Waals surface area contributed by atoms with E-state index < -0.39 is 0 Å². The first-order valence-electron chi connectivity index (χ1n) is 9.99. The highest BCUT2D eigenvalue weighted by molar-refractivity contribution is 5.93. The molecule has 1 saturated carbocycles. The number of nitriles is 1. The maximum absolute atomic E-state index is 11.2. The molecule has 158 valence electrons. The molecule has 7 nitrogen and oxygen atoms in total. The van der Waals surface area contributed by atoms with Crippen molar-refractivity contribution in [3.8, 4) is 6.07 Å². The lowest BCUT2D eigenvalue weighted by Gasteiger charge is -2.41. The van der Waals surface area contributed by atoms with Gasteiger partial charge < -0.3 is 21.2 Å². The molecule has 1 aromatic carbocycles. The number of pyridine rings is 1. The van der Waals surface area contributed by atoms with Crippen LogP contribution in [0.1, 0.15) is 48.2 Å². The number of primary amides is 1. The van der Waals surface area contributed by atoms with Crippen molar-refractivity contribution < 1.29 is 9.59 Å². The van der Waals surface area contributed by atoms with Gasteiger partial charge in [-0.3, -0.25) is 4.79 Å². The predicted molar refractivity (Wildman–Crippen MR) is 118 cm³/mol. The minimum atomic E-state index is -0.336. The fourth-order valence-corrected chi connectivity index (χ4v) is 3.95. The third-order valence-electron chi connectivity index (χ3n) is 5.34. The average Bonchev–Trinajstić information content (AvgIpc) is 3.54. The third-order valence-corrected chi connectivity index (χ3v) is 5.34. The molecule has 2 heterocycles. The molecule has 1 aromatic heterocycles. The van der Waals surface area contributed by atoms with Crippen molar-refractivity contribution >= 4 is 23.7 Å². The minimum absolute atomic E-state index is 0.336. The van der Waals surface area contributed by atoms with Gasteiger partial charge in [0.15, 0.2) is 0 Å². The van der Waals surface area contributed by atoms with Crippen LogP contribution in [0.15, 0.2) is 36.5 Å². The molecule has 1 unspecified atom stereocenters. The molecule has 2 aliphatic rings. The second kappa shape index (κ2) is 10.4. The van der Waals surface area contributed by atoms with Crippen molar-refractivity contribution in [3.05, 3.63) is 53.2 Å². The molecule has 1 aliphatic heterocycles. The fraction of sp³-hybridized carbons (Fsp3) is 0.391. The van der Waals surface area contributed by atoms with Crippen LogP contribution >= 0.6 is 0 Å². The zero-order valence-electron chi connectivity index (χ0n) is 17.7. The Morgan fingerprint density at radius 3 is 2.47 bits per heavy atom. The summed E-state index contributed by atoms with van der Waals surface area (Å²) in [4.78, 5) is 26.2. The van der Waals surface area contributed by atoms with Crippen LogP contribution in [0.2, 0.25) is 0 Å². The number of hydrogen-bond donors (Lipinski definition) is 2. The Bertz CT molecular complexity index is 916. The summed E-state index contributed by atoms with van der Waals surface area (Å²) in [6.45, 7) is 3.76. The van der Waals surface area contributed by atoms with Crippen molar-refractivity contribution in [1.29, 1.82) is 5.26 Å². The van der Waals surface area contributed by atoms with Crippen molar-refractivity contribution in [2.24, 2.45) is 17.6 Å². The number of nitrogens with zero attached hydrogens (tertiary/aromatic N) is 3. The number of anilines is 2. The number of nitrogen functional groups attached to an aromatic ring is 1. The summed E-state index contributed by atoms with van der Waals surface area (Å²) in [7, 11) is 2.18. The fourth-order valence-electron chi connectivity index (χ4n) is 3.95. The summed E-state index contributed by atoms with van der Waals surface area (Å²) in [5.74, 6) is 1.62. The van der Waals surface area contributed by atoms with Crippen molar-refractivity contribution in [2.45, 2.75) is 39.2 Å². The molecular weight excluding hydrogens is 378 g/mol. The van der Waals surface area contributed by atoms with Crippen molar-refractivity contribution in [2.75, 3.05) is 17.7 Å². The van der Waals surface area contributed by atoms with Gasteiger partial charge in [0.2, 0.25) is 5.91 Å². The Morgan fingerprint density at radius 2 is 1.97 bits per heavy atom. The van der Waals surface area contributed by atoms with Crippen LogP contribution in [-0.2, 0) is 11.2 Å². The first kappa shape index (κ1) is 22.9. The Morgan fingerprint density at radius 1 is 1.30 bits per heavy atom. The van der Waals surface area contributed by atoms with E-state index in [1.54, 1.807) is 12.1 Å². The lowest BCUT2D eigenvalue weighted by Crippen LogP contribution is -2.43. The van der Waals surface area contributed by atoms with Gasteiger partial charge in [0.25, 0.3) is 0 Å². The van der Waals surface area contributed by atoms with Gasteiger partial charge in [-0.15, -0.1) is 0 Å². The number of amides is 1. The molecular formula is C23H29N5O2. The first-order chi connectivity index (χ1) is 14.3. The molecule has 1 fully saturated rings. The Kier molecular flexibility index (Phi) is 7.93. The molecule has 0 bridgehead atoms. The zero-order valence-corrected chi connectivity index (χ0v) is 17.7. The van der Waals surface area contributed by atoms with Crippen LogP contribution in [0.3, 0.4) is 0 Å². The van der Waals surface area contributed by atoms with Crippen LogP contribution < -0.4 is 16.4 Å². The van der Waals surface area contributed by atoms with E-state index in [9.17, 15) is 4.79 Å². The van der Waals surface area contributed by atoms with E-state index in [0.29, 0.717) is 28.9 Å². The smallest absolute Gasteiger partial charge is 0.248 e. The lowest BCUT2D eigenvalue weighted by molar-refractivity contribution is -0.106. The minimum Gasteiger partial charge on any atom is -0.384 e. The van der Waals surface area contributed by atoms with Crippen LogP contribution in [-0.4, -0.2) is 30.3 Å². The van der Waals surface area contributed by atoms with Crippen LogP contribution in [0.5, 0.6) is 0 Å². The van der Waals surface area contributed by atoms with Gasteiger partial charge in [-0.05, 0) is 73.9 Å². The second-order valence-corrected chi connectivity index (χ2v) is 7.65. The predicted octanol–water partition coefficient (Wildman–Crippen LogP) is 2.93. The van der Waals surface area contributed by atoms with E-state index in [1.807, 2.05) is 18.2 Å². The SMILES string of the molecule is CC1Cc2cc(C(N)=O)ccc2N(C)[C@H]1C1CC1.CC=O.N#Cc1ccc(N)nc1. The van der Waals surface area contributed by atoms with Gasteiger partial charge in [0.1, 0.15) is 18.2 Å². The van der Waals surface area contributed by atoms with E-state index in [2.05, 4.69) is 29.9 Å². The second-order valence-electron chi connectivity index (χ2n) is 7.65. The maximum atomic E-state index is 11.2. The van der Waals surface area contributed by atoms with Gasteiger partial charge in [-0.25, -0.2) is 4.98 Å².